The molecule has 2 aliphatic rings. The van der Waals surface area contributed by atoms with Gasteiger partial charge in [0.1, 0.15) is 5.82 Å². The van der Waals surface area contributed by atoms with Gasteiger partial charge in [0.05, 0.1) is 5.56 Å². The SMILES string of the molecule is CC(CCC(=O)NC=O)N1Cc2cc(CCCN3CCN(c4ncc(-c5cccc(Cl)c5)cc4C(F)(F)F)CC3)ccc2C1=O. The Morgan fingerprint density at radius 1 is 1.09 bits per heavy atom. The number of hydrogen-bond acceptors (Lipinski definition) is 6. The first-order chi connectivity index (χ1) is 21.5. The van der Waals surface area contributed by atoms with E-state index >= 15 is 0 Å². The first-order valence-electron chi connectivity index (χ1n) is 15.0. The van der Waals surface area contributed by atoms with Crippen molar-refractivity contribution < 1.29 is 27.6 Å². The van der Waals surface area contributed by atoms with Gasteiger partial charge >= 0.3 is 6.18 Å². The number of rotatable bonds is 11. The fraction of sp³-hybridized carbons (Fsp3) is 0.394. The van der Waals surface area contributed by atoms with E-state index in [0.717, 1.165) is 36.6 Å². The third-order valence-electron chi connectivity index (χ3n) is 8.48. The average molecular weight is 642 g/mol. The van der Waals surface area contributed by atoms with Gasteiger partial charge in [0.25, 0.3) is 5.91 Å². The zero-order chi connectivity index (χ0) is 32.1. The molecule has 1 saturated heterocycles. The maximum Gasteiger partial charge on any atom is 0.419 e. The van der Waals surface area contributed by atoms with Crippen LogP contribution < -0.4 is 10.2 Å². The van der Waals surface area contributed by atoms with E-state index in [1.165, 1.54) is 6.20 Å². The summed E-state index contributed by atoms with van der Waals surface area (Å²) in [5.74, 6) is -0.468. The molecule has 1 fully saturated rings. The van der Waals surface area contributed by atoms with Crippen molar-refractivity contribution in [3.8, 4) is 11.1 Å². The second-order valence-corrected chi connectivity index (χ2v) is 12.0. The maximum absolute atomic E-state index is 14.1. The molecule has 12 heteroatoms. The first kappa shape index (κ1) is 32.4. The molecule has 0 radical (unpaired) electrons. The van der Waals surface area contributed by atoms with Gasteiger partial charge in [-0.2, -0.15) is 13.2 Å². The van der Waals surface area contributed by atoms with E-state index in [4.69, 9.17) is 11.6 Å². The molecule has 0 spiro atoms. The van der Waals surface area contributed by atoms with Crippen molar-refractivity contribution in [2.24, 2.45) is 0 Å². The van der Waals surface area contributed by atoms with Crippen LogP contribution >= 0.6 is 11.6 Å². The number of halogens is 4. The number of piperazine rings is 1. The van der Waals surface area contributed by atoms with E-state index in [-0.39, 0.29) is 30.1 Å². The van der Waals surface area contributed by atoms with E-state index in [0.29, 0.717) is 67.3 Å². The number of benzene rings is 2. The number of carbonyl (C=O) groups excluding carboxylic acids is 3. The van der Waals surface area contributed by atoms with Gasteiger partial charge in [-0.15, -0.1) is 0 Å². The summed E-state index contributed by atoms with van der Waals surface area (Å²) in [4.78, 5) is 45.0. The molecule has 1 N–H and O–H groups in total. The highest BCUT2D eigenvalue weighted by atomic mass is 35.5. The average Bonchev–Trinajstić information content (AvgIpc) is 3.35. The number of alkyl halides is 3. The Morgan fingerprint density at radius 2 is 1.87 bits per heavy atom. The minimum atomic E-state index is -4.54. The summed E-state index contributed by atoms with van der Waals surface area (Å²) in [6.45, 7) is 5.33. The summed E-state index contributed by atoms with van der Waals surface area (Å²) < 4.78 is 42.3. The third-order valence-corrected chi connectivity index (χ3v) is 8.72. The molecule has 8 nitrogen and oxygen atoms in total. The predicted molar refractivity (Wildman–Crippen MR) is 166 cm³/mol. The molecular formula is C33H35ClF3N5O3. The fourth-order valence-corrected chi connectivity index (χ4v) is 6.17. The fourth-order valence-electron chi connectivity index (χ4n) is 5.98. The molecule has 3 amide bonds. The highest BCUT2D eigenvalue weighted by molar-refractivity contribution is 6.30. The number of hydrogen-bond donors (Lipinski definition) is 1. The van der Waals surface area contributed by atoms with E-state index < -0.39 is 11.7 Å². The smallest absolute Gasteiger partial charge is 0.354 e. The summed E-state index contributed by atoms with van der Waals surface area (Å²) in [7, 11) is 0. The van der Waals surface area contributed by atoms with E-state index in [9.17, 15) is 27.6 Å². The Kier molecular flexibility index (Phi) is 10.1. The highest BCUT2D eigenvalue weighted by Crippen LogP contribution is 2.38. The normalized spacial score (nSPS) is 16.1. The number of aryl methyl sites for hydroxylation is 1. The van der Waals surface area contributed by atoms with Crippen LogP contribution in [0.4, 0.5) is 19.0 Å². The lowest BCUT2D eigenvalue weighted by Crippen LogP contribution is -2.47. The van der Waals surface area contributed by atoms with Crippen molar-refractivity contribution in [1.82, 2.24) is 20.1 Å². The zero-order valence-corrected chi connectivity index (χ0v) is 25.7. The molecule has 3 aromatic rings. The largest absolute Gasteiger partial charge is 0.419 e. The molecule has 2 aromatic carbocycles. The quantitative estimate of drug-likeness (QED) is 0.276. The number of nitrogens with one attached hydrogen (secondary N) is 1. The van der Waals surface area contributed by atoms with Crippen LogP contribution in [-0.4, -0.2) is 71.8 Å². The molecule has 0 aliphatic carbocycles. The van der Waals surface area contributed by atoms with Gasteiger partial charge < -0.3 is 9.80 Å². The molecule has 238 valence electrons. The Labute approximate surface area is 265 Å². The van der Waals surface area contributed by atoms with Gasteiger partial charge in [0, 0.05) is 67.5 Å². The third kappa shape index (κ3) is 7.83. The predicted octanol–water partition coefficient (Wildman–Crippen LogP) is 5.57. The number of aromatic nitrogens is 1. The van der Waals surface area contributed by atoms with Gasteiger partial charge in [0.2, 0.25) is 12.3 Å². The molecule has 45 heavy (non-hydrogen) atoms. The second-order valence-electron chi connectivity index (χ2n) is 11.5. The van der Waals surface area contributed by atoms with Gasteiger partial charge in [-0.3, -0.25) is 24.6 Å². The number of nitrogens with zero attached hydrogens (tertiary/aromatic N) is 4. The van der Waals surface area contributed by atoms with E-state index in [1.54, 1.807) is 34.1 Å². The van der Waals surface area contributed by atoms with Crippen molar-refractivity contribution in [1.29, 1.82) is 0 Å². The lowest BCUT2D eigenvalue weighted by Gasteiger charge is -2.36. The van der Waals surface area contributed by atoms with Crippen LogP contribution in [0.25, 0.3) is 11.1 Å². The minimum Gasteiger partial charge on any atom is -0.354 e. The number of fused-ring (bicyclic) bond motifs is 1. The van der Waals surface area contributed by atoms with Crippen LogP contribution in [-0.2, 0) is 28.7 Å². The lowest BCUT2D eigenvalue weighted by atomic mass is 10.0. The Balaban J connectivity index is 1.13. The number of amides is 3. The molecule has 0 saturated carbocycles. The van der Waals surface area contributed by atoms with Crippen molar-refractivity contribution in [2.45, 2.75) is 51.4 Å². The van der Waals surface area contributed by atoms with Crippen LogP contribution in [0.15, 0.2) is 54.7 Å². The molecule has 3 heterocycles. The summed E-state index contributed by atoms with van der Waals surface area (Å²) in [5, 5.41) is 2.57. The number of pyridine rings is 1. The van der Waals surface area contributed by atoms with Crippen molar-refractivity contribution in [2.75, 3.05) is 37.6 Å². The number of carbonyl (C=O) groups is 3. The monoisotopic (exact) mass is 641 g/mol. The first-order valence-corrected chi connectivity index (χ1v) is 15.4. The molecule has 1 aromatic heterocycles. The van der Waals surface area contributed by atoms with E-state index in [2.05, 4.69) is 21.3 Å². The molecule has 1 unspecified atom stereocenters. The van der Waals surface area contributed by atoms with Crippen molar-refractivity contribution in [3.63, 3.8) is 0 Å². The Hall–Kier alpha value is -3.96. The molecule has 2 aliphatic heterocycles. The van der Waals surface area contributed by atoms with Gasteiger partial charge in [-0.1, -0.05) is 35.9 Å². The standard InChI is InChI=1S/C33H35ClF3N5O3/c1-22(7-10-30(44)39-21-43)42-20-26-16-23(8-9-28(26)32(42)45)4-3-11-40-12-14-41(15-13-40)31-29(33(35,36)37)18-25(19-38-31)24-5-2-6-27(34)17-24/h2,5-6,8-9,16-19,21-22H,3-4,7,10-15,20H2,1H3,(H,39,43,44). The van der Waals surface area contributed by atoms with Crippen molar-refractivity contribution in [3.05, 3.63) is 82.0 Å². The molecule has 1 atom stereocenters. The molecule has 5 rings (SSSR count). The van der Waals surface area contributed by atoms with Crippen LogP contribution in [0, 0.1) is 0 Å². The van der Waals surface area contributed by atoms with Crippen molar-refractivity contribution >= 4 is 35.6 Å². The lowest BCUT2D eigenvalue weighted by molar-refractivity contribution is -0.137. The second kappa shape index (κ2) is 14.0. The number of anilines is 1. The van der Waals surface area contributed by atoms with Crippen LogP contribution in [0.1, 0.15) is 53.2 Å². The van der Waals surface area contributed by atoms with Gasteiger partial charge in [-0.05, 0) is 73.7 Å². The highest BCUT2D eigenvalue weighted by Gasteiger charge is 2.37. The summed E-state index contributed by atoms with van der Waals surface area (Å²) in [6, 6.07) is 13.6. The minimum absolute atomic E-state index is 0.0480. The summed E-state index contributed by atoms with van der Waals surface area (Å²) >= 11 is 6.04. The summed E-state index contributed by atoms with van der Waals surface area (Å²) in [5.41, 5.74) is 2.96. The summed E-state index contributed by atoms with van der Waals surface area (Å²) in [6.07, 6.45) is -0.401. The van der Waals surface area contributed by atoms with Crippen LogP contribution in [0.2, 0.25) is 5.02 Å². The van der Waals surface area contributed by atoms with Gasteiger partial charge in [-0.25, -0.2) is 4.98 Å². The Bertz CT molecular complexity index is 1560. The molecular weight excluding hydrogens is 607 g/mol. The van der Waals surface area contributed by atoms with Crippen LogP contribution in [0.3, 0.4) is 0 Å². The zero-order valence-electron chi connectivity index (χ0n) is 24.9. The Morgan fingerprint density at radius 3 is 2.58 bits per heavy atom. The van der Waals surface area contributed by atoms with E-state index in [1.807, 2.05) is 19.1 Å². The molecule has 0 bridgehead atoms. The topological polar surface area (TPSA) is 85.8 Å². The maximum atomic E-state index is 14.1. The van der Waals surface area contributed by atoms with Crippen LogP contribution in [0.5, 0.6) is 0 Å². The van der Waals surface area contributed by atoms with Gasteiger partial charge in [0.15, 0.2) is 0 Å². The number of imide groups is 1.